The molecule has 4 aromatic carbocycles. The summed E-state index contributed by atoms with van der Waals surface area (Å²) in [7, 11) is 0. The van der Waals surface area contributed by atoms with Crippen molar-refractivity contribution in [3.63, 3.8) is 0 Å². The lowest BCUT2D eigenvalue weighted by Crippen LogP contribution is -2.19. The first-order chi connectivity index (χ1) is 19.9. The van der Waals surface area contributed by atoms with Gasteiger partial charge in [-0.2, -0.15) is 0 Å². The molecule has 0 radical (unpaired) electrons. The van der Waals surface area contributed by atoms with Crippen molar-refractivity contribution in [3.8, 4) is 11.3 Å². The van der Waals surface area contributed by atoms with E-state index in [1.54, 1.807) is 30.3 Å². The first kappa shape index (κ1) is 28.0. The van der Waals surface area contributed by atoms with Gasteiger partial charge in [-0.15, -0.1) is 23.1 Å². The summed E-state index contributed by atoms with van der Waals surface area (Å²) in [4.78, 5) is 42.1. The largest absolute Gasteiger partial charge is 0.322 e. The van der Waals surface area contributed by atoms with E-state index < -0.39 is 16.1 Å². The summed E-state index contributed by atoms with van der Waals surface area (Å²) in [5.41, 5.74) is 2.92. The molecule has 0 aliphatic carbocycles. The molecule has 0 aliphatic rings. The van der Waals surface area contributed by atoms with Crippen LogP contribution in [0.25, 0.3) is 11.3 Å². The number of anilines is 2. The lowest BCUT2D eigenvalue weighted by Gasteiger charge is -2.17. The molecule has 2 N–H and O–H groups in total. The number of benzene rings is 4. The van der Waals surface area contributed by atoms with E-state index in [1.165, 1.54) is 47.4 Å². The smallest absolute Gasteiger partial charge is 0.270 e. The summed E-state index contributed by atoms with van der Waals surface area (Å²) in [6, 6.07) is 29.3. The first-order valence-corrected chi connectivity index (χ1v) is 14.4. The highest BCUT2D eigenvalue weighted by Gasteiger charge is 2.23. The van der Waals surface area contributed by atoms with Crippen LogP contribution < -0.4 is 10.6 Å². The molecule has 1 heterocycles. The second kappa shape index (κ2) is 12.8. The molecule has 0 fully saturated rings. The van der Waals surface area contributed by atoms with Crippen molar-refractivity contribution in [2.45, 2.75) is 10.1 Å². The number of nitrogens with zero attached hydrogens (tertiary/aromatic N) is 2. The lowest BCUT2D eigenvalue weighted by molar-refractivity contribution is -0.384. The molecule has 8 nitrogen and oxygen atoms in total. The fourth-order valence-electron chi connectivity index (χ4n) is 3.90. The van der Waals surface area contributed by atoms with Crippen LogP contribution in [0.4, 0.5) is 16.5 Å². The SMILES string of the molecule is O=C(Nc1cccc(SC(C(=O)Nc2nc(-c3ccc(Cl)cc3)cs2)c2ccccc2)c1)c1cccc([N+](=O)[O-])c1. The Kier molecular flexibility index (Phi) is 8.73. The van der Waals surface area contributed by atoms with E-state index in [2.05, 4.69) is 15.6 Å². The van der Waals surface area contributed by atoms with Crippen LogP contribution in [0.3, 0.4) is 0 Å². The summed E-state index contributed by atoms with van der Waals surface area (Å²) in [5, 5.41) is 19.2. The zero-order valence-electron chi connectivity index (χ0n) is 21.2. The van der Waals surface area contributed by atoms with Gasteiger partial charge in [0.25, 0.3) is 11.6 Å². The van der Waals surface area contributed by atoms with Crippen molar-refractivity contribution in [3.05, 3.63) is 135 Å². The second-order valence-corrected chi connectivity index (χ2v) is 11.2. The summed E-state index contributed by atoms with van der Waals surface area (Å²) in [5.74, 6) is -0.724. The number of thiazole rings is 1. The first-order valence-electron chi connectivity index (χ1n) is 12.3. The maximum Gasteiger partial charge on any atom is 0.270 e. The van der Waals surface area contributed by atoms with Gasteiger partial charge in [0.1, 0.15) is 5.25 Å². The monoisotopic (exact) mass is 600 g/mol. The molecule has 204 valence electrons. The predicted molar refractivity (Wildman–Crippen MR) is 164 cm³/mol. The van der Waals surface area contributed by atoms with E-state index in [0.717, 1.165) is 21.7 Å². The minimum atomic E-state index is -0.609. The lowest BCUT2D eigenvalue weighted by atomic mass is 10.1. The molecule has 0 saturated heterocycles. The van der Waals surface area contributed by atoms with Gasteiger partial charge in [-0.25, -0.2) is 4.98 Å². The quantitative estimate of drug-likeness (QED) is 0.100. The molecule has 2 amide bonds. The van der Waals surface area contributed by atoms with E-state index in [4.69, 9.17) is 11.6 Å². The van der Waals surface area contributed by atoms with Crippen LogP contribution in [-0.4, -0.2) is 21.7 Å². The summed E-state index contributed by atoms with van der Waals surface area (Å²) in [6.07, 6.45) is 0. The standard InChI is InChI=1S/C30H21ClN4O4S2/c31-22-14-12-19(13-15-22)26-18-40-30(33-26)34-29(37)27(20-6-2-1-3-7-20)41-25-11-5-9-23(17-25)32-28(36)21-8-4-10-24(16-21)35(38)39/h1-18,27H,(H,32,36)(H,33,34,37). The highest BCUT2D eigenvalue weighted by molar-refractivity contribution is 8.00. The molecule has 0 spiro atoms. The van der Waals surface area contributed by atoms with Crippen molar-refractivity contribution in [2.75, 3.05) is 10.6 Å². The van der Waals surface area contributed by atoms with Gasteiger partial charge >= 0.3 is 0 Å². The van der Waals surface area contributed by atoms with Gasteiger partial charge in [0.15, 0.2) is 5.13 Å². The van der Waals surface area contributed by atoms with Crippen LogP contribution in [0, 0.1) is 10.1 Å². The topological polar surface area (TPSA) is 114 Å². The maximum absolute atomic E-state index is 13.5. The third kappa shape index (κ3) is 7.17. The number of nitro groups is 1. The molecule has 1 unspecified atom stereocenters. The van der Waals surface area contributed by atoms with Crippen LogP contribution in [0.2, 0.25) is 5.02 Å². The maximum atomic E-state index is 13.5. The molecule has 1 aromatic heterocycles. The predicted octanol–water partition coefficient (Wildman–Crippen LogP) is 8.10. The Morgan fingerprint density at radius 1 is 0.902 bits per heavy atom. The highest BCUT2D eigenvalue weighted by atomic mass is 35.5. The fourth-order valence-corrected chi connectivity index (χ4v) is 5.84. The van der Waals surface area contributed by atoms with Crippen LogP contribution in [0.1, 0.15) is 21.2 Å². The van der Waals surface area contributed by atoms with Crippen LogP contribution in [0.15, 0.2) is 113 Å². The van der Waals surface area contributed by atoms with Gasteiger partial charge in [-0.05, 0) is 42.0 Å². The van der Waals surface area contributed by atoms with Gasteiger partial charge in [0.2, 0.25) is 5.91 Å². The van der Waals surface area contributed by atoms with Gasteiger partial charge in [0, 0.05) is 44.2 Å². The Morgan fingerprint density at radius 2 is 1.66 bits per heavy atom. The summed E-state index contributed by atoms with van der Waals surface area (Å²) < 4.78 is 0. The van der Waals surface area contributed by atoms with E-state index in [0.29, 0.717) is 15.8 Å². The van der Waals surface area contributed by atoms with Crippen molar-refractivity contribution in [2.24, 2.45) is 0 Å². The normalized spacial score (nSPS) is 11.4. The Bertz CT molecular complexity index is 1710. The van der Waals surface area contributed by atoms with Crippen LogP contribution >= 0.6 is 34.7 Å². The number of nitro benzene ring substituents is 1. The van der Waals surface area contributed by atoms with Gasteiger partial charge in [-0.3, -0.25) is 19.7 Å². The molecule has 5 aromatic rings. The number of carbonyl (C=O) groups is 2. The van der Waals surface area contributed by atoms with Gasteiger partial charge < -0.3 is 10.6 Å². The number of amides is 2. The third-order valence-electron chi connectivity index (χ3n) is 5.88. The van der Waals surface area contributed by atoms with E-state index in [1.807, 2.05) is 53.9 Å². The van der Waals surface area contributed by atoms with E-state index >= 15 is 0 Å². The van der Waals surface area contributed by atoms with Crippen LogP contribution in [0.5, 0.6) is 0 Å². The average molecular weight is 601 g/mol. The van der Waals surface area contributed by atoms with E-state index in [9.17, 15) is 19.7 Å². The molecule has 5 rings (SSSR count). The molecule has 0 bridgehead atoms. The van der Waals surface area contributed by atoms with Crippen molar-refractivity contribution in [1.82, 2.24) is 4.98 Å². The number of thioether (sulfide) groups is 1. The number of halogens is 1. The second-order valence-electron chi connectivity index (χ2n) is 8.73. The molecule has 0 saturated carbocycles. The molecule has 0 aliphatic heterocycles. The fraction of sp³-hybridized carbons (Fsp3) is 0.0333. The van der Waals surface area contributed by atoms with Crippen molar-refractivity contribution >= 4 is 63.0 Å². The van der Waals surface area contributed by atoms with Crippen molar-refractivity contribution in [1.29, 1.82) is 0 Å². The summed E-state index contributed by atoms with van der Waals surface area (Å²) in [6.45, 7) is 0. The minimum Gasteiger partial charge on any atom is -0.322 e. The number of rotatable bonds is 9. The Labute approximate surface area is 248 Å². The van der Waals surface area contributed by atoms with Gasteiger partial charge in [-0.1, -0.05) is 66.2 Å². The third-order valence-corrected chi connectivity index (χ3v) is 8.14. The molecule has 1 atom stereocenters. The molecule has 11 heteroatoms. The Balaban J connectivity index is 1.33. The summed E-state index contributed by atoms with van der Waals surface area (Å²) >= 11 is 8.65. The average Bonchev–Trinajstić information content (AvgIpc) is 3.45. The minimum absolute atomic E-state index is 0.167. The number of hydrogen-bond donors (Lipinski definition) is 2. The Morgan fingerprint density at radius 3 is 2.41 bits per heavy atom. The van der Waals surface area contributed by atoms with Gasteiger partial charge in [0.05, 0.1) is 10.6 Å². The van der Waals surface area contributed by atoms with Crippen LogP contribution in [-0.2, 0) is 4.79 Å². The molecular formula is C30H21ClN4O4S2. The zero-order valence-corrected chi connectivity index (χ0v) is 23.6. The number of carbonyl (C=O) groups excluding carboxylic acids is 2. The number of non-ortho nitro benzene ring substituents is 1. The number of nitrogens with one attached hydrogen (secondary N) is 2. The Hall–Kier alpha value is -4.51. The number of aromatic nitrogens is 1. The molecular weight excluding hydrogens is 580 g/mol. The van der Waals surface area contributed by atoms with E-state index in [-0.39, 0.29) is 17.2 Å². The van der Waals surface area contributed by atoms with Crippen molar-refractivity contribution < 1.29 is 14.5 Å². The molecule has 41 heavy (non-hydrogen) atoms. The number of hydrogen-bond acceptors (Lipinski definition) is 7. The highest BCUT2D eigenvalue weighted by Crippen LogP contribution is 2.38. The zero-order chi connectivity index (χ0) is 28.8.